The molecule has 1 N–H and O–H groups in total. The summed E-state index contributed by atoms with van der Waals surface area (Å²) < 4.78 is 5.63. The van der Waals surface area contributed by atoms with Crippen LogP contribution in [-0.4, -0.2) is 36.0 Å². The maximum atomic E-state index is 13.3. The molecule has 0 unspecified atom stereocenters. The average Bonchev–Trinajstić information content (AvgIpc) is 3.27. The van der Waals surface area contributed by atoms with Crippen LogP contribution in [0, 0.1) is 5.92 Å². The average molecular weight is 429 g/mol. The molecule has 1 aliphatic rings. The van der Waals surface area contributed by atoms with Gasteiger partial charge in [0, 0.05) is 30.6 Å². The highest BCUT2D eigenvalue weighted by Crippen LogP contribution is 2.26. The van der Waals surface area contributed by atoms with Gasteiger partial charge in [-0.05, 0) is 36.1 Å². The monoisotopic (exact) mass is 428 g/mol. The van der Waals surface area contributed by atoms with Crippen LogP contribution in [0.3, 0.4) is 0 Å². The van der Waals surface area contributed by atoms with Crippen molar-refractivity contribution in [1.82, 2.24) is 10.2 Å². The maximum Gasteiger partial charge on any atom is 0.247 e. The lowest BCUT2D eigenvalue weighted by Crippen LogP contribution is -2.46. The van der Waals surface area contributed by atoms with Gasteiger partial charge in [-0.1, -0.05) is 67.9 Å². The minimum absolute atomic E-state index is 0.0379. The van der Waals surface area contributed by atoms with E-state index in [2.05, 4.69) is 5.32 Å². The van der Waals surface area contributed by atoms with E-state index in [0.717, 1.165) is 30.6 Å². The molecular weight excluding hydrogens is 400 g/mol. The van der Waals surface area contributed by atoms with Crippen LogP contribution >= 0.6 is 11.6 Å². The molecule has 1 heterocycles. The first-order valence-corrected chi connectivity index (χ1v) is 10.8. The minimum Gasteiger partial charge on any atom is -0.376 e. The van der Waals surface area contributed by atoms with Gasteiger partial charge in [0.1, 0.15) is 6.04 Å². The summed E-state index contributed by atoms with van der Waals surface area (Å²) in [7, 11) is 0. The van der Waals surface area contributed by atoms with Crippen molar-refractivity contribution >= 4 is 23.4 Å². The number of amides is 2. The molecule has 2 atom stereocenters. The van der Waals surface area contributed by atoms with Crippen LogP contribution in [0.2, 0.25) is 5.02 Å². The molecule has 1 fully saturated rings. The molecule has 160 valence electrons. The summed E-state index contributed by atoms with van der Waals surface area (Å²) in [6, 6.07) is 16.1. The van der Waals surface area contributed by atoms with Crippen LogP contribution in [0.1, 0.15) is 43.9 Å². The number of ether oxygens (including phenoxy) is 1. The Labute approximate surface area is 183 Å². The molecule has 3 rings (SSSR count). The number of carbonyl (C=O) groups is 2. The van der Waals surface area contributed by atoms with Gasteiger partial charge in [0.25, 0.3) is 0 Å². The van der Waals surface area contributed by atoms with E-state index in [1.165, 1.54) is 0 Å². The van der Waals surface area contributed by atoms with Gasteiger partial charge in [0.15, 0.2) is 0 Å². The first-order chi connectivity index (χ1) is 14.5. The lowest BCUT2D eigenvalue weighted by Gasteiger charge is -2.33. The second-order valence-corrected chi connectivity index (χ2v) is 8.38. The zero-order valence-electron chi connectivity index (χ0n) is 17.5. The van der Waals surface area contributed by atoms with E-state index in [1.54, 1.807) is 17.0 Å². The largest absolute Gasteiger partial charge is 0.376 e. The number of nitrogens with one attached hydrogen (secondary N) is 1. The molecule has 0 aliphatic carbocycles. The summed E-state index contributed by atoms with van der Waals surface area (Å²) in [5, 5.41) is 3.65. The van der Waals surface area contributed by atoms with Crippen LogP contribution in [0.4, 0.5) is 0 Å². The van der Waals surface area contributed by atoms with Gasteiger partial charge in [-0.25, -0.2) is 0 Å². The lowest BCUT2D eigenvalue weighted by atomic mass is 10.0. The quantitative estimate of drug-likeness (QED) is 0.679. The first kappa shape index (κ1) is 22.3. The predicted molar refractivity (Wildman–Crippen MR) is 118 cm³/mol. The van der Waals surface area contributed by atoms with Crippen molar-refractivity contribution in [3.05, 3.63) is 70.7 Å². The van der Waals surface area contributed by atoms with E-state index in [9.17, 15) is 9.59 Å². The number of hydrogen-bond donors (Lipinski definition) is 1. The van der Waals surface area contributed by atoms with Gasteiger partial charge < -0.3 is 15.0 Å². The third kappa shape index (κ3) is 5.83. The predicted octanol–water partition coefficient (Wildman–Crippen LogP) is 4.36. The van der Waals surface area contributed by atoms with Gasteiger partial charge >= 0.3 is 0 Å². The Hall–Kier alpha value is -2.37. The molecule has 30 heavy (non-hydrogen) atoms. The van der Waals surface area contributed by atoms with Crippen LogP contribution in [0.15, 0.2) is 54.6 Å². The summed E-state index contributed by atoms with van der Waals surface area (Å²) >= 11 is 6.02. The molecule has 2 amide bonds. The zero-order valence-corrected chi connectivity index (χ0v) is 18.3. The Kier molecular flexibility index (Phi) is 7.88. The zero-order chi connectivity index (χ0) is 21.5. The number of benzene rings is 2. The Morgan fingerprint density at radius 1 is 1.13 bits per heavy atom. The van der Waals surface area contributed by atoms with Crippen LogP contribution < -0.4 is 5.32 Å². The molecule has 1 aliphatic heterocycles. The maximum absolute atomic E-state index is 13.3. The van der Waals surface area contributed by atoms with Crippen molar-refractivity contribution in [3.63, 3.8) is 0 Å². The Bertz CT molecular complexity index is 833. The highest BCUT2D eigenvalue weighted by Gasteiger charge is 2.33. The highest BCUT2D eigenvalue weighted by molar-refractivity contribution is 6.30. The van der Waals surface area contributed by atoms with Crippen molar-refractivity contribution in [2.75, 3.05) is 13.2 Å². The van der Waals surface area contributed by atoms with E-state index in [0.29, 0.717) is 18.1 Å². The van der Waals surface area contributed by atoms with Crippen molar-refractivity contribution < 1.29 is 14.3 Å². The van der Waals surface area contributed by atoms with Crippen molar-refractivity contribution in [2.45, 2.75) is 45.4 Å². The molecule has 0 saturated carbocycles. The second-order valence-electron chi connectivity index (χ2n) is 7.94. The van der Waals surface area contributed by atoms with E-state index in [1.807, 2.05) is 56.3 Å². The number of halogens is 1. The Balaban J connectivity index is 1.89. The molecule has 0 aromatic heterocycles. The van der Waals surface area contributed by atoms with Gasteiger partial charge in [-0.3, -0.25) is 9.59 Å². The van der Waals surface area contributed by atoms with E-state index >= 15 is 0 Å². The summed E-state index contributed by atoms with van der Waals surface area (Å²) in [5.74, 6) is -0.514. The molecule has 5 nitrogen and oxygen atoms in total. The molecular formula is C24H29ClN2O3. The Morgan fingerprint density at radius 3 is 2.43 bits per heavy atom. The third-order valence-corrected chi connectivity index (χ3v) is 5.50. The fourth-order valence-corrected chi connectivity index (χ4v) is 3.77. The smallest absolute Gasteiger partial charge is 0.247 e. The number of rotatable bonds is 8. The SMILES string of the molecule is CC(C)C(=O)N(Cc1ccc(Cl)cc1)[C@H](C(=O)NC[C@H]1CCCO1)c1ccccc1. The third-order valence-electron chi connectivity index (χ3n) is 5.25. The molecule has 0 bridgehead atoms. The van der Waals surface area contributed by atoms with Crippen molar-refractivity contribution in [2.24, 2.45) is 5.92 Å². The lowest BCUT2D eigenvalue weighted by molar-refractivity contribution is -0.144. The van der Waals surface area contributed by atoms with E-state index in [4.69, 9.17) is 16.3 Å². The molecule has 2 aromatic carbocycles. The van der Waals surface area contributed by atoms with Crippen LogP contribution in [-0.2, 0) is 20.9 Å². The highest BCUT2D eigenvalue weighted by atomic mass is 35.5. The Morgan fingerprint density at radius 2 is 1.83 bits per heavy atom. The van der Waals surface area contributed by atoms with Crippen molar-refractivity contribution in [3.8, 4) is 0 Å². The standard InChI is InChI=1S/C24H29ClN2O3/c1-17(2)24(29)27(16-18-10-12-20(25)13-11-18)22(19-7-4-3-5-8-19)23(28)26-15-21-9-6-14-30-21/h3-5,7-8,10-13,17,21-22H,6,9,14-16H2,1-2H3,(H,26,28)/t21-,22+/m1/s1. The van der Waals surface area contributed by atoms with Crippen molar-refractivity contribution in [1.29, 1.82) is 0 Å². The van der Waals surface area contributed by atoms with Gasteiger partial charge in [-0.2, -0.15) is 0 Å². The fourth-order valence-electron chi connectivity index (χ4n) is 3.64. The van der Waals surface area contributed by atoms with Gasteiger partial charge in [0.05, 0.1) is 6.10 Å². The van der Waals surface area contributed by atoms with Crippen LogP contribution in [0.5, 0.6) is 0 Å². The molecule has 2 aromatic rings. The summed E-state index contributed by atoms with van der Waals surface area (Å²) in [6.45, 7) is 5.21. The second kappa shape index (κ2) is 10.6. The van der Waals surface area contributed by atoms with E-state index < -0.39 is 6.04 Å². The number of nitrogens with zero attached hydrogens (tertiary/aromatic N) is 1. The van der Waals surface area contributed by atoms with Crippen LogP contribution in [0.25, 0.3) is 0 Å². The summed E-state index contributed by atoms with van der Waals surface area (Å²) in [6.07, 6.45) is 1.99. The molecule has 0 spiro atoms. The fraction of sp³-hybridized carbons (Fsp3) is 0.417. The molecule has 6 heteroatoms. The summed E-state index contributed by atoms with van der Waals surface area (Å²) in [5.41, 5.74) is 1.70. The van der Waals surface area contributed by atoms with E-state index in [-0.39, 0.29) is 23.8 Å². The first-order valence-electron chi connectivity index (χ1n) is 10.4. The molecule has 1 saturated heterocycles. The molecule has 0 radical (unpaired) electrons. The normalized spacial score (nSPS) is 17.0. The minimum atomic E-state index is -0.724. The summed E-state index contributed by atoms with van der Waals surface area (Å²) in [4.78, 5) is 28.2. The van der Waals surface area contributed by atoms with Gasteiger partial charge in [-0.15, -0.1) is 0 Å². The van der Waals surface area contributed by atoms with Gasteiger partial charge in [0.2, 0.25) is 11.8 Å². The topological polar surface area (TPSA) is 58.6 Å². The number of hydrogen-bond acceptors (Lipinski definition) is 3. The number of carbonyl (C=O) groups excluding carboxylic acids is 2.